The molecular formula is C12H18N4O4S. The number of likely N-dealkylation sites (N-methyl/N-ethyl adjacent to an activating group) is 2. The molecule has 0 saturated heterocycles. The highest BCUT2D eigenvalue weighted by molar-refractivity contribution is 7.09. The molecule has 0 saturated carbocycles. The number of hydrogen-bond donors (Lipinski definition) is 3. The third-order valence-corrected chi connectivity index (χ3v) is 3.40. The largest absolute Gasteiger partial charge is 0.476 e. The number of carbonyl (C=O) groups is 3. The van der Waals surface area contributed by atoms with Gasteiger partial charge in [0.2, 0.25) is 5.91 Å². The van der Waals surface area contributed by atoms with Crippen molar-refractivity contribution >= 4 is 29.2 Å². The van der Waals surface area contributed by atoms with E-state index in [1.165, 1.54) is 28.7 Å². The van der Waals surface area contributed by atoms with Gasteiger partial charge in [0.25, 0.3) is 0 Å². The van der Waals surface area contributed by atoms with Gasteiger partial charge in [-0.05, 0) is 6.92 Å². The molecule has 3 amide bonds. The van der Waals surface area contributed by atoms with Crippen LogP contribution in [0, 0.1) is 0 Å². The molecule has 0 unspecified atom stereocenters. The van der Waals surface area contributed by atoms with Crippen molar-refractivity contribution in [3.05, 3.63) is 16.1 Å². The first kappa shape index (κ1) is 16.9. The summed E-state index contributed by atoms with van der Waals surface area (Å²) < 4.78 is 0. The lowest BCUT2D eigenvalue weighted by atomic mass is 10.4. The van der Waals surface area contributed by atoms with Crippen LogP contribution in [0.2, 0.25) is 0 Å². The van der Waals surface area contributed by atoms with E-state index in [2.05, 4.69) is 15.6 Å². The predicted octanol–water partition coefficient (Wildman–Crippen LogP) is 0.161. The van der Waals surface area contributed by atoms with Crippen LogP contribution in [0.4, 0.5) is 4.79 Å². The third kappa shape index (κ3) is 5.78. The van der Waals surface area contributed by atoms with Gasteiger partial charge in [0, 0.05) is 31.9 Å². The van der Waals surface area contributed by atoms with Crippen LogP contribution >= 0.6 is 11.3 Å². The lowest BCUT2D eigenvalue weighted by molar-refractivity contribution is -0.121. The Balaban J connectivity index is 2.32. The Labute approximate surface area is 126 Å². The maximum Gasteiger partial charge on any atom is 0.355 e. The zero-order chi connectivity index (χ0) is 15.8. The summed E-state index contributed by atoms with van der Waals surface area (Å²) in [7, 11) is 1.52. The average molecular weight is 314 g/mol. The number of rotatable bonds is 7. The molecule has 0 atom stereocenters. The topological polar surface area (TPSA) is 112 Å². The average Bonchev–Trinajstić information content (AvgIpc) is 2.87. The lowest BCUT2D eigenvalue weighted by Crippen LogP contribution is -2.43. The van der Waals surface area contributed by atoms with E-state index in [-0.39, 0.29) is 24.2 Å². The first-order valence-electron chi connectivity index (χ1n) is 6.37. The number of nitrogens with one attached hydrogen (secondary N) is 2. The zero-order valence-corrected chi connectivity index (χ0v) is 12.7. The second-order valence-corrected chi connectivity index (χ2v) is 5.17. The molecule has 21 heavy (non-hydrogen) atoms. The zero-order valence-electron chi connectivity index (χ0n) is 11.9. The van der Waals surface area contributed by atoms with Crippen LogP contribution in [0.1, 0.15) is 22.4 Å². The molecule has 1 aromatic heterocycles. The van der Waals surface area contributed by atoms with E-state index < -0.39 is 5.97 Å². The molecule has 0 spiro atoms. The minimum Gasteiger partial charge on any atom is -0.476 e. The standard InChI is InChI=1S/C12H18N4O4S/c1-3-13-9(17)6-16(2)12(20)14-5-4-10-15-8(7-21-10)11(18)19/h7H,3-6H2,1-2H3,(H,13,17)(H,14,20)(H,18,19). The van der Waals surface area contributed by atoms with Gasteiger partial charge >= 0.3 is 12.0 Å². The van der Waals surface area contributed by atoms with E-state index in [4.69, 9.17) is 5.11 Å². The van der Waals surface area contributed by atoms with Crippen molar-refractivity contribution in [1.82, 2.24) is 20.5 Å². The molecule has 0 aliphatic carbocycles. The van der Waals surface area contributed by atoms with Gasteiger partial charge in [0.15, 0.2) is 5.69 Å². The van der Waals surface area contributed by atoms with E-state index in [9.17, 15) is 14.4 Å². The summed E-state index contributed by atoms with van der Waals surface area (Å²) in [5, 5.41) is 16.1. The SMILES string of the molecule is CCNC(=O)CN(C)C(=O)NCCc1nc(C(=O)O)cs1. The van der Waals surface area contributed by atoms with Gasteiger partial charge in [0.1, 0.15) is 6.54 Å². The summed E-state index contributed by atoms with van der Waals surface area (Å²) in [4.78, 5) is 38.9. The summed E-state index contributed by atoms with van der Waals surface area (Å²) in [6, 6.07) is -0.365. The first-order valence-corrected chi connectivity index (χ1v) is 7.25. The number of amides is 3. The number of carbonyl (C=O) groups excluding carboxylic acids is 2. The summed E-state index contributed by atoms with van der Waals surface area (Å²) in [6.45, 7) is 2.63. The Hall–Kier alpha value is -2.16. The molecule has 1 rings (SSSR count). The lowest BCUT2D eigenvalue weighted by Gasteiger charge is -2.17. The highest BCUT2D eigenvalue weighted by Gasteiger charge is 2.12. The third-order valence-electron chi connectivity index (χ3n) is 2.49. The molecule has 0 bridgehead atoms. The van der Waals surface area contributed by atoms with Crippen LogP contribution in [0.15, 0.2) is 5.38 Å². The monoisotopic (exact) mass is 314 g/mol. The number of aromatic nitrogens is 1. The van der Waals surface area contributed by atoms with Crippen LogP contribution in [-0.4, -0.2) is 59.6 Å². The fraction of sp³-hybridized carbons (Fsp3) is 0.500. The van der Waals surface area contributed by atoms with Crippen molar-refractivity contribution in [2.45, 2.75) is 13.3 Å². The molecule has 1 aromatic rings. The number of carboxylic acids is 1. The van der Waals surface area contributed by atoms with Gasteiger partial charge in [-0.3, -0.25) is 4.79 Å². The predicted molar refractivity (Wildman–Crippen MR) is 77.5 cm³/mol. The fourth-order valence-corrected chi connectivity index (χ4v) is 2.25. The fourth-order valence-electron chi connectivity index (χ4n) is 1.48. The maximum absolute atomic E-state index is 11.7. The molecule has 0 aromatic carbocycles. The smallest absolute Gasteiger partial charge is 0.355 e. The molecule has 0 fully saturated rings. The highest BCUT2D eigenvalue weighted by atomic mass is 32.1. The summed E-state index contributed by atoms with van der Waals surface area (Å²) in [6.07, 6.45) is 0.443. The molecule has 0 aliphatic rings. The maximum atomic E-state index is 11.7. The van der Waals surface area contributed by atoms with E-state index in [1.54, 1.807) is 6.92 Å². The number of thiazole rings is 1. The second-order valence-electron chi connectivity index (χ2n) is 4.22. The van der Waals surface area contributed by atoms with Crippen LogP contribution in [0.3, 0.4) is 0 Å². The molecular weight excluding hydrogens is 296 g/mol. The second kappa shape index (κ2) is 8.20. The van der Waals surface area contributed by atoms with Gasteiger partial charge < -0.3 is 20.6 Å². The Bertz CT molecular complexity index is 517. The number of aromatic carboxylic acids is 1. The van der Waals surface area contributed by atoms with Crippen LogP contribution in [-0.2, 0) is 11.2 Å². The highest BCUT2D eigenvalue weighted by Crippen LogP contribution is 2.09. The van der Waals surface area contributed by atoms with E-state index in [0.29, 0.717) is 24.5 Å². The normalized spacial score (nSPS) is 10.0. The minimum atomic E-state index is -1.07. The summed E-state index contributed by atoms with van der Waals surface area (Å²) in [5.41, 5.74) is 0.00896. The number of carboxylic acid groups (broad SMARTS) is 1. The van der Waals surface area contributed by atoms with Crippen molar-refractivity contribution in [2.24, 2.45) is 0 Å². The number of nitrogens with zero attached hydrogens (tertiary/aromatic N) is 2. The van der Waals surface area contributed by atoms with E-state index >= 15 is 0 Å². The van der Waals surface area contributed by atoms with Crippen molar-refractivity contribution in [2.75, 3.05) is 26.7 Å². The van der Waals surface area contributed by atoms with Crippen molar-refractivity contribution in [3.8, 4) is 0 Å². The van der Waals surface area contributed by atoms with Crippen molar-refractivity contribution < 1.29 is 19.5 Å². The van der Waals surface area contributed by atoms with Gasteiger partial charge in [-0.25, -0.2) is 14.6 Å². The summed E-state index contributed by atoms with van der Waals surface area (Å²) in [5.74, 6) is -1.29. The molecule has 0 radical (unpaired) electrons. The Morgan fingerprint density at radius 2 is 2.10 bits per heavy atom. The van der Waals surface area contributed by atoms with E-state index in [1.807, 2.05) is 0 Å². The number of hydrogen-bond acceptors (Lipinski definition) is 5. The molecule has 8 nitrogen and oxygen atoms in total. The van der Waals surface area contributed by atoms with Gasteiger partial charge in [-0.15, -0.1) is 11.3 Å². The molecule has 3 N–H and O–H groups in total. The molecule has 1 heterocycles. The first-order chi connectivity index (χ1) is 9.93. The van der Waals surface area contributed by atoms with Crippen LogP contribution in [0.25, 0.3) is 0 Å². The summed E-state index contributed by atoms with van der Waals surface area (Å²) >= 11 is 1.23. The van der Waals surface area contributed by atoms with Gasteiger partial charge in [0.05, 0.1) is 5.01 Å². The Morgan fingerprint density at radius 1 is 1.38 bits per heavy atom. The number of urea groups is 1. The molecule has 0 aliphatic heterocycles. The van der Waals surface area contributed by atoms with Crippen molar-refractivity contribution in [3.63, 3.8) is 0 Å². The Kier molecular flexibility index (Phi) is 6.60. The molecule has 9 heteroatoms. The van der Waals surface area contributed by atoms with Gasteiger partial charge in [-0.2, -0.15) is 0 Å². The van der Waals surface area contributed by atoms with E-state index in [0.717, 1.165) is 0 Å². The van der Waals surface area contributed by atoms with Crippen molar-refractivity contribution in [1.29, 1.82) is 0 Å². The van der Waals surface area contributed by atoms with Crippen LogP contribution < -0.4 is 10.6 Å². The van der Waals surface area contributed by atoms with Gasteiger partial charge in [-0.1, -0.05) is 0 Å². The Morgan fingerprint density at radius 3 is 2.67 bits per heavy atom. The molecule has 116 valence electrons. The quantitative estimate of drug-likeness (QED) is 0.664. The minimum absolute atomic E-state index is 0.00896. The van der Waals surface area contributed by atoms with Crippen LogP contribution in [0.5, 0.6) is 0 Å².